The monoisotopic (exact) mass is 209 g/mol. The summed E-state index contributed by atoms with van der Waals surface area (Å²) in [6, 6.07) is 1.26. The van der Waals surface area contributed by atoms with Gasteiger partial charge in [-0.05, 0) is 0 Å². The highest BCUT2D eigenvalue weighted by Gasteiger charge is 2.08. The molecular weight excluding hydrogens is 202 g/mol. The number of carboxylic acid groups (broad SMARTS) is 1. The second-order valence-electron chi connectivity index (χ2n) is 2.53. The predicted octanol–water partition coefficient (Wildman–Crippen LogP) is -1.72. The highest BCUT2D eigenvalue weighted by Crippen LogP contribution is 2.07. The molecule has 0 radical (unpaired) electrons. The van der Waals surface area contributed by atoms with Crippen LogP contribution in [-0.2, 0) is 0 Å². The summed E-state index contributed by atoms with van der Waals surface area (Å²) in [4.78, 5) is 21.9. The number of hydrazine groups is 3. The zero-order valence-corrected chi connectivity index (χ0v) is 7.35. The van der Waals surface area contributed by atoms with Crippen LogP contribution in [0.2, 0.25) is 0 Å². The number of nitrogens with zero attached hydrogens (tertiary/aromatic N) is 3. The van der Waals surface area contributed by atoms with Crippen molar-refractivity contribution in [3.8, 4) is 0 Å². The summed E-state index contributed by atoms with van der Waals surface area (Å²) >= 11 is 0. The predicted molar refractivity (Wildman–Crippen MR) is 48.6 cm³/mol. The fourth-order valence-electron chi connectivity index (χ4n) is 0.908. The second kappa shape index (κ2) is 3.86. The number of aromatic nitrogens is 2. The fourth-order valence-corrected chi connectivity index (χ4v) is 0.908. The van der Waals surface area contributed by atoms with Crippen LogP contribution in [0.3, 0.4) is 0 Å². The zero-order chi connectivity index (χ0) is 10.7. The van der Waals surface area contributed by atoms with Crippen molar-refractivity contribution in [2.45, 2.75) is 0 Å². The molecule has 9 nitrogen and oxygen atoms in total. The first-order chi connectivity index (χ1) is 7.25. The topological polar surface area (TPSA) is 124 Å². The first kappa shape index (κ1) is 9.30. The smallest absolute Gasteiger partial charge is 0.354 e. The molecule has 5 N–H and O–H groups in total. The zero-order valence-electron chi connectivity index (χ0n) is 7.35. The number of guanidine groups is 1. The van der Waals surface area contributed by atoms with E-state index in [-0.39, 0.29) is 11.5 Å². The van der Waals surface area contributed by atoms with Crippen LogP contribution in [0.5, 0.6) is 0 Å². The summed E-state index contributed by atoms with van der Waals surface area (Å²) < 4.78 is 0. The van der Waals surface area contributed by atoms with Gasteiger partial charge in [-0.2, -0.15) is 16.1 Å². The van der Waals surface area contributed by atoms with Crippen LogP contribution >= 0.6 is 0 Å². The molecular formula is C6H7N7O2. The van der Waals surface area contributed by atoms with E-state index in [0.29, 0.717) is 5.96 Å². The third kappa shape index (κ3) is 2.15. The molecule has 0 unspecified atom stereocenters. The Balaban J connectivity index is 2.24. The number of rotatable bonds is 2. The molecule has 78 valence electrons. The maximum atomic E-state index is 10.6. The largest absolute Gasteiger partial charge is 0.477 e. The minimum Gasteiger partial charge on any atom is -0.477 e. The van der Waals surface area contributed by atoms with E-state index in [0.717, 1.165) is 6.33 Å². The maximum absolute atomic E-state index is 10.6. The third-order valence-electron chi connectivity index (χ3n) is 1.52. The Bertz CT molecular complexity index is 410. The third-order valence-corrected chi connectivity index (χ3v) is 1.52. The van der Waals surface area contributed by atoms with Gasteiger partial charge in [-0.3, -0.25) is 10.9 Å². The SMILES string of the molecule is O=C(O)c1cc(N=C2NNNN2)ncn1. The van der Waals surface area contributed by atoms with Crippen molar-refractivity contribution in [3.63, 3.8) is 0 Å². The van der Waals surface area contributed by atoms with Crippen molar-refractivity contribution in [2.75, 3.05) is 0 Å². The molecule has 1 fully saturated rings. The lowest BCUT2D eigenvalue weighted by Gasteiger charge is -1.97. The number of hydrogen-bond donors (Lipinski definition) is 5. The van der Waals surface area contributed by atoms with Gasteiger partial charge in [0.25, 0.3) is 0 Å². The Kier molecular flexibility index (Phi) is 2.39. The van der Waals surface area contributed by atoms with Gasteiger partial charge in [0.15, 0.2) is 11.5 Å². The molecule has 0 aromatic carbocycles. The van der Waals surface area contributed by atoms with E-state index < -0.39 is 5.97 Å². The number of hydrogen-bond acceptors (Lipinski definition) is 6. The molecule has 1 aromatic rings. The Morgan fingerprint density at radius 2 is 2.07 bits per heavy atom. The van der Waals surface area contributed by atoms with Crippen LogP contribution in [0.15, 0.2) is 17.4 Å². The van der Waals surface area contributed by atoms with Crippen molar-refractivity contribution < 1.29 is 9.90 Å². The van der Waals surface area contributed by atoms with E-state index in [4.69, 9.17) is 5.11 Å². The number of carbonyl (C=O) groups is 1. The molecule has 0 aliphatic carbocycles. The summed E-state index contributed by atoms with van der Waals surface area (Å²) in [5.74, 6) is -0.504. The van der Waals surface area contributed by atoms with Gasteiger partial charge < -0.3 is 5.11 Å². The van der Waals surface area contributed by atoms with E-state index in [9.17, 15) is 4.79 Å². The molecule has 0 saturated carbocycles. The van der Waals surface area contributed by atoms with Crippen molar-refractivity contribution in [2.24, 2.45) is 4.99 Å². The highest BCUT2D eigenvalue weighted by molar-refractivity contribution is 5.87. The maximum Gasteiger partial charge on any atom is 0.354 e. The Hall–Kier alpha value is -2.26. The van der Waals surface area contributed by atoms with Crippen molar-refractivity contribution >= 4 is 17.7 Å². The first-order valence-electron chi connectivity index (χ1n) is 3.92. The highest BCUT2D eigenvalue weighted by atomic mass is 16.4. The molecule has 1 aliphatic rings. The minimum atomic E-state index is -1.12. The summed E-state index contributed by atoms with van der Waals surface area (Å²) in [5.41, 5.74) is 10.2. The van der Waals surface area contributed by atoms with Crippen LogP contribution < -0.4 is 21.9 Å². The Morgan fingerprint density at radius 3 is 2.73 bits per heavy atom. The molecule has 9 heteroatoms. The molecule has 0 atom stereocenters. The Labute approximate surface area is 83.6 Å². The lowest BCUT2D eigenvalue weighted by atomic mass is 10.4. The molecule has 0 spiro atoms. The van der Waals surface area contributed by atoms with Gasteiger partial charge in [0.2, 0.25) is 5.96 Å². The van der Waals surface area contributed by atoms with E-state index in [1.54, 1.807) is 0 Å². The van der Waals surface area contributed by atoms with Crippen LogP contribution in [0, 0.1) is 0 Å². The fraction of sp³-hybridized carbons (Fsp3) is 0. The normalized spacial score (nSPS) is 14.3. The summed E-state index contributed by atoms with van der Waals surface area (Å²) in [7, 11) is 0. The molecule has 2 heterocycles. The van der Waals surface area contributed by atoms with E-state index >= 15 is 0 Å². The van der Waals surface area contributed by atoms with Crippen molar-refractivity contribution in [3.05, 3.63) is 18.1 Å². The van der Waals surface area contributed by atoms with Crippen LogP contribution in [0.1, 0.15) is 10.5 Å². The van der Waals surface area contributed by atoms with Crippen LogP contribution in [0.4, 0.5) is 5.82 Å². The molecule has 1 saturated heterocycles. The van der Waals surface area contributed by atoms with Gasteiger partial charge in [0, 0.05) is 6.07 Å². The number of carboxylic acids is 1. The average Bonchev–Trinajstić information content (AvgIpc) is 2.71. The van der Waals surface area contributed by atoms with Gasteiger partial charge in [0.05, 0.1) is 0 Å². The quantitative estimate of drug-likeness (QED) is 0.389. The van der Waals surface area contributed by atoms with Gasteiger partial charge in [-0.25, -0.2) is 14.8 Å². The van der Waals surface area contributed by atoms with E-state index in [2.05, 4.69) is 36.9 Å². The Morgan fingerprint density at radius 1 is 1.33 bits per heavy atom. The van der Waals surface area contributed by atoms with Gasteiger partial charge in [-0.15, -0.1) is 0 Å². The molecule has 0 amide bonds. The van der Waals surface area contributed by atoms with Crippen molar-refractivity contribution in [1.29, 1.82) is 0 Å². The lowest BCUT2D eigenvalue weighted by molar-refractivity contribution is 0.0690. The summed E-state index contributed by atoms with van der Waals surface area (Å²) in [6.07, 6.45) is 1.14. The van der Waals surface area contributed by atoms with Gasteiger partial charge in [0.1, 0.15) is 6.33 Å². The van der Waals surface area contributed by atoms with Crippen LogP contribution in [-0.4, -0.2) is 27.0 Å². The minimum absolute atomic E-state index is 0.108. The molecule has 2 rings (SSSR count). The van der Waals surface area contributed by atoms with E-state index in [1.165, 1.54) is 6.07 Å². The lowest BCUT2D eigenvalue weighted by Crippen LogP contribution is -2.33. The number of nitrogens with one attached hydrogen (secondary N) is 4. The summed E-state index contributed by atoms with van der Waals surface area (Å²) in [6.45, 7) is 0. The average molecular weight is 209 g/mol. The molecule has 1 aromatic heterocycles. The van der Waals surface area contributed by atoms with Gasteiger partial charge in [-0.1, -0.05) is 0 Å². The van der Waals surface area contributed by atoms with E-state index in [1.807, 2.05) is 0 Å². The molecule has 15 heavy (non-hydrogen) atoms. The second-order valence-corrected chi connectivity index (χ2v) is 2.53. The number of aliphatic imine (C=N–C) groups is 1. The van der Waals surface area contributed by atoms with Crippen LogP contribution in [0.25, 0.3) is 0 Å². The summed E-state index contributed by atoms with van der Waals surface area (Å²) in [5, 5.41) is 8.68. The van der Waals surface area contributed by atoms with Gasteiger partial charge >= 0.3 is 5.97 Å². The molecule has 1 aliphatic heterocycles. The molecule has 0 bridgehead atoms. The number of aromatic carboxylic acids is 1. The first-order valence-corrected chi connectivity index (χ1v) is 3.92. The van der Waals surface area contributed by atoms with Crippen molar-refractivity contribution in [1.82, 2.24) is 31.9 Å². The standard InChI is InChI=1S/C6H7N7O2/c14-5(15)3-1-4(8-2-7-3)9-6-10-12-13-11-6/h1-2,12-13H,(H,14,15)(H2,7,8,9,10,11).